The minimum atomic E-state index is -1.15. The van der Waals surface area contributed by atoms with Crippen molar-refractivity contribution in [2.24, 2.45) is 0 Å². The summed E-state index contributed by atoms with van der Waals surface area (Å²) in [5.74, 6) is -0.918. The highest BCUT2D eigenvalue weighted by Crippen LogP contribution is 2.31. The van der Waals surface area contributed by atoms with Crippen molar-refractivity contribution in [2.45, 2.75) is 32.4 Å². The standard InChI is InChI=1S/C17H21NO5/c1-4-5-22-9-13(17(20)21)18-16(19)15-8-12-6-10(2)11(3)7-14(12)23-15/h4,6-7,13,15H,1,5,8-9H2,2-3H3,(H,18,19)(H,20,21). The predicted molar refractivity (Wildman–Crippen MR) is 84.6 cm³/mol. The number of carbonyl (C=O) groups is 2. The van der Waals surface area contributed by atoms with Crippen molar-refractivity contribution in [3.63, 3.8) is 0 Å². The molecule has 1 heterocycles. The van der Waals surface area contributed by atoms with Crippen LogP contribution in [-0.4, -0.2) is 42.3 Å². The van der Waals surface area contributed by atoms with Crippen LogP contribution in [0.4, 0.5) is 0 Å². The van der Waals surface area contributed by atoms with E-state index in [4.69, 9.17) is 14.6 Å². The Bertz CT molecular complexity index is 595. The lowest BCUT2D eigenvalue weighted by molar-refractivity contribution is -0.144. The zero-order chi connectivity index (χ0) is 17.0. The van der Waals surface area contributed by atoms with Gasteiger partial charge in [0.1, 0.15) is 5.75 Å². The highest BCUT2D eigenvalue weighted by molar-refractivity contribution is 5.87. The van der Waals surface area contributed by atoms with Crippen molar-refractivity contribution in [1.82, 2.24) is 5.32 Å². The monoisotopic (exact) mass is 319 g/mol. The molecule has 0 saturated carbocycles. The van der Waals surface area contributed by atoms with Gasteiger partial charge in [0.05, 0.1) is 13.2 Å². The van der Waals surface area contributed by atoms with Crippen LogP contribution in [0.25, 0.3) is 0 Å². The second-order valence-electron chi connectivity index (χ2n) is 5.58. The first-order valence-corrected chi connectivity index (χ1v) is 7.41. The van der Waals surface area contributed by atoms with Gasteiger partial charge in [-0.25, -0.2) is 4.79 Å². The molecule has 0 radical (unpaired) electrons. The fourth-order valence-electron chi connectivity index (χ4n) is 2.37. The molecule has 1 aliphatic rings. The van der Waals surface area contributed by atoms with Crippen LogP contribution in [0.3, 0.4) is 0 Å². The van der Waals surface area contributed by atoms with E-state index >= 15 is 0 Å². The van der Waals surface area contributed by atoms with Crippen molar-refractivity contribution < 1.29 is 24.2 Å². The molecule has 2 atom stereocenters. The van der Waals surface area contributed by atoms with Crippen LogP contribution >= 0.6 is 0 Å². The number of aliphatic carboxylic acids is 1. The summed E-state index contributed by atoms with van der Waals surface area (Å²) in [5, 5.41) is 11.6. The number of rotatable bonds is 7. The van der Waals surface area contributed by atoms with Gasteiger partial charge in [0.2, 0.25) is 0 Å². The third kappa shape index (κ3) is 4.10. The van der Waals surface area contributed by atoms with Gasteiger partial charge in [0, 0.05) is 6.42 Å². The van der Waals surface area contributed by atoms with Gasteiger partial charge in [0.15, 0.2) is 12.1 Å². The van der Waals surface area contributed by atoms with Gasteiger partial charge in [-0.15, -0.1) is 6.58 Å². The lowest BCUT2D eigenvalue weighted by Gasteiger charge is -2.17. The second-order valence-corrected chi connectivity index (χ2v) is 5.58. The minimum Gasteiger partial charge on any atom is -0.480 e. The van der Waals surface area contributed by atoms with Crippen LogP contribution in [0.1, 0.15) is 16.7 Å². The van der Waals surface area contributed by atoms with Crippen LogP contribution < -0.4 is 10.1 Å². The quantitative estimate of drug-likeness (QED) is 0.586. The van der Waals surface area contributed by atoms with Gasteiger partial charge < -0.3 is 19.9 Å². The number of hydrogen-bond acceptors (Lipinski definition) is 4. The number of ether oxygens (including phenoxy) is 2. The highest BCUT2D eigenvalue weighted by atomic mass is 16.5. The summed E-state index contributed by atoms with van der Waals surface area (Å²) >= 11 is 0. The van der Waals surface area contributed by atoms with Gasteiger partial charge in [-0.1, -0.05) is 12.1 Å². The zero-order valence-electron chi connectivity index (χ0n) is 13.3. The van der Waals surface area contributed by atoms with E-state index in [1.165, 1.54) is 6.08 Å². The predicted octanol–water partition coefficient (Wildman–Crippen LogP) is 1.38. The van der Waals surface area contributed by atoms with Crippen LogP contribution in [0, 0.1) is 13.8 Å². The van der Waals surface area contributed by atoms with Gasteiger partial charge in [-0.2, -0.15) is 0 Å². The maximum atomic E-state index is 12.3. The molecule has 2 rings (SSSR count). The third-order valence-electron chi connectivity index (χ3n) is 3.78. The maximum absolute atomic E-state index is 12.3. The van der Waals surface area contributed by atoms with E-state index in [2.05, 4.69) is 11.9 Å². The van der Waals surface area contributed by atoms with Crippen molar-refractivity contribution in [3.05, 3.63) is 41.5 Å². The largest absolute Gasteiger partial charge is 0.480 e. The Morgan fingerprint density at radius 2 is 2.17 bits per heavy atom. The van der Waals surface area contributed by atoms with E-state index in [0.29, 0.717) is 12.2 Å². The van der Waals surface area contributed by atoms with E-state index in [0.717, 1.165) is 16.7 Å². The average molecular weight is 319 g/mol. The number of amides is 1. The number of carboxylic acid groups (broad SMARTS) is 1. The molecule has 0 spiro atoms. The molecule has 0 aliphatic carbocycles. The second kappa shape index (κ2) is 7.28. The average Bonchev–Trinajstić information content (AvgIpc) is 2.89. The molecule has 0 aromatic heterocycles. The first-order chi connectivity index (χ1) is 10.9. The van der Waals surface area contributed by atoms with Gasteiger partial charge in [0.25, 0.3) is 5.91 Å². The first kappa shape index (κ1) is 17.0. The fourth-order valence-corrected chi connectivity index (χ4v) is 2.37. The molecule has 2 N–H and O–H groups in total. The number of nitrogens with one attached hydrogen (secondary N) is 1. The van der Waals surface area contributed by atoms with Crippen molar-refractivity contribution >= 4 is 11.9 Å². The molecule has 124 valence electrons. The molecule has 1 aromatic carbocycles. The molecule has 1 amide bonds. The molecule has 6 heteroatoms. The van der Waals surface area contributed by atoms with Crippen LogP contribution in [-0.2, 0) is 20.7 Å². The van der Waals surface area contributed by atoms with E-state index in [1.807, 2.05) is 26.0 Å². The number of carbonyl (C=O) groups excluding carboxylic acids is 1. The summed E-state index contributed by atoms with van der Waals surface area (Å²) in [4.78, 5) is 23.4. The Labute approximate surface area is 135 Å². The Kier molecular flexibility index (Phi) is 5.39. The summed E-state index contributed by atoms with van der Waals surface area (Å²) in [6, 6.07) is 2.79. The molecule has 1 aromatic rings. The Hall–Kier alpha value is -2.34. The summed E-state index contributed by atoms with van der Waals surface area (Å²) in [6.07, 6.45) is 1.23. The van der Waals surface area contributed by atoms with Crippen LogP contribution in [0.2, 0.25) is 0 Å². The summed E-state index contributed by atoms with van der Waals surface area (Å²) in [5.41, 5.74) is 3.18. The topological polar surface area (TPSA) is 84.9 Å². The summed E-state index contributed by atoms with van der Waals surface area (Å²) in [7, 11) is 0. The zero-order valence-corrected chi connectivity index (χ0v) is 13.3. The number of benzene rings is 1. The normalized spacial score (nSPS) is 17.0. The number of aryl methyl sites for hydroxylation is 2. The lowest BCUT2D eigenvalue weighted by atomic mass is 10.0. The van der Waals surface area contributed by atoms with E-state index in [1.54, 1.807) is 0 Å². The van der Waals surface area contributed by atoms with Crippen molar-refractivity contribution in [3.8, 4) is 5.75 Å². The molecule has 2 unspecified atom stereocenters. The highest BCUT2D eigenvalue weighted by Gasteiger charge is 2.32. The summed E-state index contributed by atoms with van der Waals surface area (Å²) in [6.45, 7) is 7.57. The van der Waals surface area contributed by atoms with Gasteiger partial charge in [-0.3, -0.25) is 4.79 Å². The van der Waals surface area contributed by atoms with Gasteiger partial charge in [-0.05, 0) is 36.6 Å². The van der Waals surface area contributed by atoms with Crippen LogP contribution in [0.5, 0.6) is 5.75 Å². The number of fused-ring (bicyclic) bond motifs is 1. The Morgan fingerprint density at radius 3 is 2.83 bits per heavy atom. The molecule has 0 fully saturated rings. The minimum absolute atomic E-state index is 0.120. The molecular formula is C17H21NO5. The Balaban J connectivity index is 1.98. The third-order valence-corrected chi connectivity index (χ3v) is 3.78. The summed E-state index contributed by atoms with van der Waals surface area (Å²) < 4.78 is 10.8. The molecular weight excluding hydrogens is 298 g/mol. The number of carboxylic acids is 1. The Morgan fingerprint density at radius 1 is 1.48 bits per heavy atom. The van der Waals surface area contributed by atoms with E-state index < -0.39 is 24.0 Å². The molecule has 1 aliphatic heterocycles. The molecule has 0 saturated heterocycles. The van der Waals surface area contributed by atoms with Crippen molar-refractivity contribution in [2.75, 3.05) is 13.2 Å². The molecule has 0 bridgehead atoms. The van der Waals surface area contributed by atoms with Gasteiger partial charge >= 0.3 is 5.97 Å². The van der Waals surface area contributed by atoms with E-state index in [-0.39, 0.29) is 13.2 Å². The fraction of sp³-hybridized carbons (Fsp3) is 0.412. The lowest BCUT2D eigenvalue weighted by Crippen LogP contribution is -2.49. The molecule has 6 nitrogen and oxygen atoms in total. The first-order valence-electron chi connectivity index (χ1n) is 7.41. The number of hydrogen-bond donors (Lipinski definition) is 2. The SMILES string of the molecule is C=CCOCC(NC(=O)C1Cc2cc(C)c(C)cc2O1)C(=O)O. The van der Waals surface area contributed by atoms with Crippen LogP contribution in [0.15, 0.2) is 24.8 Å². The van der Waals surface area contributed by atoms with E-state index in [9.17, 15) is 9.59 Å². The maximum Gasteiger partial charge on any atom is 0.328 e. The smallest absolute Gasteiger partial charge is 0.328 e. The molecule has 23 heavy (non-hydrogen) atoms. The van der Waals surface area contributed by atoms with Crippen molar-refractivity contribution in [1.29, 1.82) is 0 Å².